The maximum absolute atomic E-state index is 11.9. The predicted molar refractivity (Wildman–Crippen MR) is 51.6 cm³/mol. The van der Waals surface area contributed by atoms with Gasteiger partial charge >= 0.3 is 0 Å². The minimum atomic E-state index is -0.152. The molecular weight excluding hydrogens is 180 g/mol. The van der Waals surface area contributed by atoms with Gasteiger partial charge in [0.1, 0.15) is 6.10 Å². The molecule has 2 aliphatic heterocycles. The molecule has 0 aromatic heterocycles. The van der Waals surface area contributed by atoms with Crippen molar-refractivity contribution >= 4 is 5.91 Å². The smallest absolute Gasteiger partial charge is 0.252 e. The topological polar surface area (TPSA) is 34.0 Å². The number of quaternary nitrogens is 1. The molecule has 1 atom stereocenters. The van der Waals surface area contributed by atoms with Crippen LogP contribution in [0, 0.1) is 7.05 Å². The van der Waals surface area contributed by atoms with E-state index in [-0.39, 0.29) is 12.0 Å². The molecule has 0 radical (unpaired) electrons. The molecule has 80 valence electrons. The molecule has 1 N–H and O–H groups in total. The van der Waals surface area contributed by atoms with E-state index in [1.54, 1.807) is 0 Å². The molecule has 2 rings (SSSR count). The number of ether oxygens (including phenoxy) is 1. The van der Waals surface area contributed by atoms with E-state index in [1.807, 2.05) is 4.90 Å². The third-order valence-electron chi connectivity index (χ3n) is 2.99. The number of rotatable bonds is 1. The zero-order valence-electron chi connectivity index (χ0n) is 8.50. The van der Waals surface area contributed by atoms with Gasteiger partial charge < -0.3 is 14.5 Å². The molecule has 2 heterocycles. The third kappa shape index (κ3) is 2.07. The van der Waals surface area contributed by atoms with Crippen LogP contribution in [0.5, 0.6) is 0 Å². The van der Waals surface area contributed by atoms with Gasteiger partial charge in [0.25, 0.3) is 5.91 Å². The van der Waals surface area contributed by atoms with Crippen molar-refractivity contribution in [1.29, 1.82) is 0 Å². The molecule has 4 nitrogen and oxygen atoms in total. The van der Waals surface area contributed by atoms with Crippen LogP contribution in [-0.4, -0.2) is 49.7 Å². The monoisotopic (exact) mass is 198 g/mol. The first-order valence-corrected chi connectivity index (χ1v) is 5.34. The Kier molecular flexibility index (Phi) is 3.03. The molecule has 2 saturated heterocycles. The first-order valence-electron chi connectivity index (χ1n) is 5.34. The molecule has 2 fully saturated rings. The Labute approximate surface area is 84.8 Å². The zero-order chi connectivity index (χ0) is 9.97. The van der Waals surface area contributed by atoms with Gasteiger partial charge in [-0.2, -0.15) is 7.05 Å². The van der Waals surface area contributed by atoms with Gasteiger partial charge in [-0.25, -0.2) is 0 Å². The minimum Gasteiger partial charge on any atom is -0.465 e. The molecule has 4 heteroatoms. The molecule has 0 saturated carbocycles. The number of amides is 1. The van der Waals surface area contributed by atoms with E-state index in [0.717, 1.165) is 45.6 Å². The standard InChI is InChI=1S/C10H18N2O2/c1-11-4-6-12(7-5-11)10(13)9-3-2-8-14-9/h9,11H,1-8H2. The van der Waals surface area contributed by atoms with Gasteiger partial charge in [0.05, 0.1) is 26.2 Å². The van der Waals surface area contributed by atoms with E-state index >= 15 is 0 Å². The number of nitrogens with one attached hydrogen (secondary N) is 1. The number of nitrogens with zero attached hydrogens (tertiary/aromatic N) is 1. The van der Waals surface area contributed by atoms with Crippen molar-refractivity contribution < 1.29 is 14.4 Å². The summed E-state index contributed by atoms with van der Waals surface area (Å²) in [6.07, 6.45) is 1.77. The third-order valence-corrected chi connectivity index (χ3v) is 2.99. The van der Waals surface area contributed by atoms with Crippen molar-refractivity contribution in [2.24, 2.45) is 0 Å². The van der Waals surface area contributed by atoms with Crippen molar-refractivity contribution in [1.82, 2.24) is 4.90 Å². The lowest BCUT2D eigenvalue weighted by molar-refractivity contribution is -0.858. The fraction of sp³-hybridized carbons (Fsp3) is 0.800. The summed E-state index contributed by atoms with van der Waals surface area (Å²) < 4.78 is 5.38. The van der Waals surface area contributed by atoms with Crippen LogP contribution in [0.15, 0.2) is 0 Å². The van der Waals surface area contributed by atoms with Crippen LogP contribution in [-0.2, 0) is 9.53 Å². The highest BCUT2D eigenvalue weighted by molar-refractivity contribution is 5.81. The maximum Gasteiger partial charge on any atom is 0.252 e. The average molecular weight is 198 g/mol. The van der Waals surface area contributed by atoms with Gasteiger partial charge in [0.15, 0.2) is 0 Å². The molecule has 14 heavy (non-hydrogen) atoms. The zero-order valence-corrected chi connectivity index (χ0v) is 8.50. The van der Waals surface area contributed by atoms with Crippen molar-refractivity contribution in [3.63, 3.8) is 0 Å². The Morgan fingerprint density at radius 2 is 2.14 bits per heavy atom. The van der Waals surface area contributed by atoms with Crippen molar-refractivity contribution in [3.05, 3.63) is 7.05 Å². The van der Waals surface area contributed by atoms with Gasteiger partial charge in [-0.05, 0) is 12.8 Å². The quantitative estimate of drug-likeness (QED) is 0.531. The summed E-state index contributed by atoms with van der Waals surface area (Å²) >= 11 is 0. The summed E-state index contributed by atoms with van der Waals surface area (Å²) in [6.45, 7) is 4.32. The summed E-state index contributed by atoms with van der Waals surface area (Å²) in [4.78, 5) is 15.1. The molecular formula is C10H18N2O2. The van der Waals surface area contributed by atoms with Crippen molar-refractivity contribution in [2.45, 2.75) is 18.9 Å². The highest BCUT2D eigenvalue weighted by Crippen LogP contribution is 2.14. The van der Waals surface area contributed by atoms with Crippen LogP contribution < -0.4 is 4.90 Å². The molecule has 0 spiro atoms. The van der Waals surface area contributed by atoms with Crippen LogP contribution >= 0.6 is 0 Å². The minimum absolute atomic E-state index is 0.152. The molecule has 0 aliphatic carbocycles. The predicted octanol–water partition coefficient (Wildman–Crippen LogP) is -1.32. The van der Waals surface area contributed by atoms with E-state index in [2.05, 4.69) is 7.05 Å². The summed E-state index contributed by atoms with van der Waals surface area (Å²) in [6, 6.07) is 0. The van der Waals surface area contributed by atoms with Gasteiger partial charge in [-0.3, -0.25) is 4.79 Å². The lowest BCUT2D eigenvalue weighted by Gasteiger charge is -2.34. The maximum atomic E-state index is 11.9. The molecule has 0 bridgehead atoms. The summed E-state index contributed by atoms with van der Waals surface area (Å²) in [5.41, 5.74) is 0. The highest BCUT2D eigenvalue weighted by Gasteiger charge is 2.29. The molecule has 2 aliphatic rings. The van der Waals surface area contributed by atoms with Gasteiger partial charge in [-0.1, -0.05) is 0 Å². The van der Waals surface area contributed by atoms with Crippen LogP contribution in [0.4, 0.5) is 0 Å². The fourth-order valence-corrected chi connectivity index (χ4v) is 2.02. The fourth-order valence-electron chi connectivity index (χ4n) is 2.02. The Bertz CT molecular complexity index is 206. The largest absolute Gasteiger partial charge is 0.465 e. The Hall–Kier alpha value is -0.610. The first-order chi connectivity index (χ1) is 6.77. The Morgan fingerprint density at radius 1 is 1.43 bits per heavy atom. The van der Waals surface area contributed by atoms with Gasteiger partial charge in [0.2, 0.25) is 0 Å². The summed E-state index contributed by atoms with van der Waals surface area (Å²) in [5, 5.41) is 0. The van der Waals surface area contributed by atoms with Gasteiger partial charge in [-0.15, -0.1) is 0 Å². The Balaban J connectivity index is 1.85. The second kappa shape index (κ2) is 4.28. The molecule has 0 aromatic rings. The van der Waals surface area contributed by atoms with E-state index < -0.39 is 0 Å². The lowest BCUT2D eigenvalue weighted by Crippen LogP contribution is -3.10. The van der Waals surface area contributed by atoms with Crippen LogP contribution in [0.3, 0.4) is 0 Å². The van der Waals surface area contributed by atoms with Crippen molar-refractivity contribution in [2.75, 3.05) is 32.8 Å². The Morgan fingerprint density at radius 3 is 2.71 bits per heavy atom. The average Bonchev–Trinajstić information content (AvgIpc) is 2.71. The first kappa shape index (κ1) is 9.93. The van der Waals surface area contributed by atoms with Crippen LogP contribution in [0.1, 0.15) is 12.8 Å². The van der Waals surface area contributed by atoms with Gasteiger partial charge in [0, 0.05) is 6.61 Å². The molecule has 0 aromatic carbocycles. The SMILES string of the molecule is [CH2-][NH+]1CCN(C(=O)C2CCCO2)CC1. The molecule has 1 unspecified atom stereocenters. The lowest BCUT2D eigenvalue weighted by atomic mass is 10.2. The van der Waals surface area contributed by atoms with Crippen LogP contribution in [0.25, 0.3) is 0 Å². The number of carbonyl (C=O) groups is 1. The molecule has 1 amide bonds. The summed E-state index contributed by atoms with van der Waals surface area (Å²) in [5.74, 6) is 0.190. The normalized spacial score (nSPS) is 29.5. The number of hydrogen-bond donors (Lipinski definition) is 1. The van der Waals surface area contributed by atoms with E-state index in [1.165, 1.54) is 4.90 Å². The number of carbonyl (C=O) groups excluding carboxylic acids is 1. The van der Waals surface area contributed by atoms with Crippen LogP contribution in [0.2, 0.25) is 0 Å². The highest BCUT2D eigenvalue weighted by atomic mass is 16.5. The van der Waals surface area contributed by atoms with E-state index in [9.17, 15) is 4.79 Å². The summed E-state index contributed by atoms with van der Waals surface area (Å²) in [7, 11) is 3.94. The van der Waals surface area contributed by atoms with E-state index in [4.69, 9.17) is 4.74 Å². The second-order valence-corrected chi connectivity index (χ2v) is 4.08. The second-order valence-electron chi connectivity index (χ2n) is 4.08. The number of hydrogen-bond acceptors (Lipinski definition) is 2. The number of piperazine rings is 1. The van der Waals surface area contributed by atoms with Crippen molar-refractivity contribution in [3.8, 4) is 0 Å². The van der Waals surface area contributed by atoms with E-state index in [0.29, 0.717) is 0 Å².